The van der Waals surface area contributed by atoms with Crippen molar-refractivity contribution in [3.63, 3.8) is 0 Å². The molecule has 1 unspecified atom stereocenters. The average Bonchev–Trinajstić information content (AvgIpc) is 2.79. The Balaban J connectivity index is 2.31. The van der Waals surface area contributed by atoms with E-state index in [4.69, 9.17) is 23.2 Å². The van der Waals surface area contributed by atoms with E-state index in [0.29, 0.717) is 25.7 Å². The zero-order valence-corrected chi connectivity index (χ0v) is 15.1. The summed E-state index contributed by atoms with van der Waals surface area (Å²) in [6.07, 6.45) is -7.57. The molecular weight excluding hydrogens is 384 g/mol. The number of benzene rings is 1. The smallest absolute Gasteiger partial charge is 0.385 e. The van der Waals surface area contributed by atoms with Crippen LogP contribution < -0.4 is 0 Å². The van der Waals surface area contributed by atoms with Crippen molar-refractivity contribution in [2.45, 2.75) is 48.4 Å². The number of nitrogens with one attached hydrogen (secondary N) is 1. The number of imidazole rings is 1. The molecule has 1 aromatic heterocycles. The third kappa shape index (κ3) is 5.31. The van der Waals surface area contributed by atoms with Gasteiger partial charge in [0.15, 0.2) is 0 Å². The van der Waals surface area contributed by atoms with E-state index in [0.717, 1.165) is 0 Å². The third-order valence-corrected chi connectivity index (χ3v) is 4.50. The Morgan fingerprint density at radius 3 is 2.29 bits per heavy atom. The lowest BCUT2D eigenvalue weighted by Crippen LogP contribution is -2.14. The van der Waals surface area contributed by atoms with Crippen LogP contribution in [0.3, 0.4) is 0 Å². The van der Waals surface area contributed by atoms with E-state index in [-0.39, 0.29) is 11.7 Å². The maximum Gasteiger partial charge on any atom is 0.392 e. The molecule has 0 bridgehead atoms. The first kappa shape index (κ1) is 19.4. The summed E-state index contributed by atoms with van der Waals surface area (Å²) in [5, 5.41) is 11.1. The Bertz CT molecular complexity index is 699. The lowest BCUT2D eigenvalue weighted by molar-refractivity contribution is -0.155. The summed E-state index contributed by atoms with van der Waals surface area (Å²) < 4.78 is 37.4. The van der Waals surface area contributed by atoms with Crippen LogP contribution in [-0.2, 0) is 0 Å². The summed E-state index contributed by atoms with van der Waals surface area (Å²) in [5.74, 6) is -0.117. The summed E-state index contributed by atoms with van der Waals surface area (Å²) >= 11 is 13.1. The van der Waals surface area contributed by atoms with E-state index >= 15 is 0 Å². The van der Waals surface area contributed by atoms with Crippen molar-refractivity contribution < 1.29 is 18.3 Å². The summed E-state index contributed by atoms with van der Waals surface area (Å²) in [7, 11) is 0. The number of aliphatic hydroxyl groups excluding tert-OH is 1. The Morgan fingerprint density at radius 1 is 1.21 bits per heavy atom. The molecule has 3 nitrogen and oxygen atoms in total. The van der Waals surface area contributed by atoms with E-state index in [1.807, 2.05) is 13.8 Å². The molecule has 0 aliphatic heterocycles. The highest BCUT2D eigenvalue weighted by atomic mass is 35.5. The van der Waals surface area contributed by atoms with Crippen molar-refractivity contribution in [2.24, 2.45) is 0 Å². The van der Waals surface area contributed by atoms with Crippen molar-refractivity contribution in [3.05, 3.63) is 39.8 Å². The molecule has 2 aromatic rings. The zero-order valence-electron chi connectivity index (χ0n) is 12.8. The van der Waals surface area contributed by atoms with Crippen LogP contribution in [0.1, 0.15) is 43.8 Å². The second-order valence-corrected chi connectivity index (χ2v) is 7.47. The van der Waals surface area contributed by atoms with Crippen LogP contribution in [0.5, 0.6) is 0 Å². The lowest BCUT2D eigenvalue weighted by Gasteiger charge is -2.10. The Hall–Kier alpha value is -0.890. The molecule has 0 radical (unpaired) electrons. The van der Waals surface area contributed by atoms with Gasteiger partial charge >= 0.3 is 6.18 Å². The first-order valence-electron chi connectivity index (χ1n) is 7.03. The average molecular weight is 399 g/mol. The summed E-state index contributed by atoms with van der Waals surface area (Å²) in [4.78, 5) is 7.65. The number of hydrogen-bond donors (Lipinski definition) is 2. The number of aromatic amines is 1. The minimum atomic E-state index is -4.47. The monoisotopic (exact) mass is 398 g/mol. The van der Waals surface area contributed by atoms with Crippen LogP contribution in [0.2, 0.25) is 10.0 Å². The highest BCUT2D eigenvalue weighted by molar-refractivity contribution is 7.99. The molecule has 1 aromatic carbocycles. The van der Waals surface area contributed by atoms with Gasteiger partial charge in [0.25, 0.3) is 0 Å². The fourth-order valence-corrected chi connectivity index (χ4v) is 3.82. The van der Waals surface area contributed by atoms with Gasteiger partial charge in [0.2, 0.25) is 0 Å². The minimum absolute atomic E-state index is 0.0125. The van der Waals surface area contributed by atoms with Crippen molar-refractivity contribution >= 4 is 35.0 Å². The highest BCUT2D eigenvalue weighted by Gasteiger charge is 2.33. The topological polar surface area (TPSA) is 48.9 Å². The molecular formula is C15H15Cl2F3N2OS. The first-order chi connectivity index (χ1) is 11.0. The van der Waals surface area contributed by atoms with Gasteiger partial charge in [-0.3, -0.25) is 0 Å². The van der Waals surface area contributed by atoms with Gasteiger partial charge in [-0.05, 0) is 24.1 Å². The summed E-state index contributed by atoms with van der Waals surface area (Å²) in [6, 6.07) is 4.95. The molecule has 24 heavy (non-hydrogen) atoms. The second-order valence-electron chi connectivity index (χ2n) is 5.54. The van der Waals surface area contributed by atoms with E-state index in [9.17, 15) is 18.3 Å². The number of aliphatic hydroxyl groups is 1. The Labute approximate surface area is 151 Å². The van der Waals surface area contributed by atoms with Crippen LogP contribution >= 0.6 is 35.0 Å². The maximum atomic E-state index is 12.5. The molecule has 132 valence electrons. The van der Waals surface area contributed by atoms with Crippen LogP contribution in [0.25, 0.3) is 0 Å². The largest absolute Gasteiger partial charge is 0.392 e. The molecule has 0 fully saturated rings. The summed E-state index contributed by atoms with van der Waals surface area (Å²) in [5.41, 5.74) is 0.646. The van der Waals surface area contributed by atoms with E-state index in [2.05, 4.69) is 9.97 Å². The molecule has 1 heterocycles. The molecule has 0 aliphatic carbocycles. The van der Waals surface area contributed by atoms with Gasteiger partial charge in [0, 0.05) is 14.9 Å². The Kier molecular flexibility index (Phi) is 6.12. The molecule has 0 spiro atoms. The van der Waals surface area contributed by atoms with Crippen LogP contribution in [-0.4, -0.2) is 21.3 Å². The zero-order chi connectivity index (χ0) is 18.1. The first-order valence-corrected chi connectivity index (χ1v) is 8.61. The molecule has 0 aliphatic rings. The lowest BCUT2D eigenvalue weighted by atomic mass is 10.1. The highest BCUT2D eigenvalue weighted by Crippen LogP contribution is 2.37. The van der Waals surface area contributed by atoms with Crippen LogP contribution in [0, 0.1) is 0 Å². The molecule has 9 heteroatoms. The van der Waals surface area contributed by atoms with Crippen molar-refractivity contribution in [1.82, 2.24) is 9.97 Å². The van der Waals surface area contributed by atoms with Gasteiger partial charge in [0.05, 0.1) is 12.1 Å². The normalized spacial score (nSPS) is 13.5. The van der Waals surface area contributed by atoms with Crippen LogP contribution in [0.15, 0.2) is 28.1 Å². The number of alkyl halides is 3. The molecule has 2 N–H and O–H groups in total. The van der Waals surface area contributed by atoms with Crippen molar-refractivity contribution in [3.8, 4) is 0 Å². The number of nitrogens with zero attached hydrogens (tertiary/aromatic N) is 1. The van der Waals surface area contributed by atoms with Crippen molar-refractivity contribution in [1.29, 1.82) is 0 Å². The van der Waals surface area contributed by atoms with Gasteiger partial charge in [-0.1, -0.05) is 48.8 Å². The standard InChI is InChI=1S/C15H15Cl2F3N2OS/c1-7(2)12-14(24-10-4-8(16)3-9(17)5-10)22-13(21-12)11(23)6-15(18,19)20/h3-5,7,11,23H,6H2,1-2H3,(H,21,22). The number of halogens is 5. The quantitative estimate of drug-likeness (QED) is 0.651. The maximum absolute atomic E-state index is 12.5. The van der Waals surface area contributed by atoms with Gasteiger partial charge < -0.3 is 10.1 Å². The van der Waals surface area contributed by atoms with Crippen molar-refractivity contribution in [2.75, 3.05) is 0 Å². The molecule has 1 atom stereocenters. The van der Waals surface area contributed by atoms with Gasteiger partial charge in [-0.2, -0.15) is 13.2 Å². The molecule has 0 saturated heterocycles. The van der Waals surface area contributed by atoms with E-state index in [1.54, 1.807) is 18.2 Å². The fourth-order valence-electron chi connectivity index (χ4n) is 2.03. The van der Waals surface area contributed by atoms with Gasteiger partial charge in [-0.25, -0.2) is 4.98 Å². The van der Waals surface area contributed by atoms with E-state index < -0.39 is 18.7 Å². The number of aromatic nitrogens is 2. The summed E-state index contributed by atoms with van der Waals surface area (Å²) in [6.45, 7) is 3.75. The van der Waals surface area contributed by atoms with Gasteiger partial charge in [-0.15, -0.1) is 0 Å². The van der Waals surface area contributed by atoms with Gasteiger partial charge in [0.1, 0.15) is 17.0 Å². The number of hydrogen-bond acceptors (Lipinski definition) is 3. The third-order valence-electron chi connectivity index (χ3n) is 3.08. The number of rotatable bonds is 5. The molecule has 2 rings (SSSR count). The predicted molar refractivity (Wildman–Crippen MR) is 88.9 cm³/mol. The predicted octanol–water partition coefficient (Wildman–Crippen LogP) is 5.98. The second kappa shape index (κ2) is 7.56. The molecule has 0 saturated carbocycles. The molecule has 0 amide bonds. The van der Waals surface area contributed by atoms with E-state index in [1.165, 1.54) is 11.8 Å². The SMILES string of the molecule is CC(C)c1[nH]c(C(O)CC(F)(F)F)nc1Sc1cc(Cl)cc(Cl)c1. The minimum Gasteiger partial charge on any atom is -0.385 e. The van der Waals surface area contributed by atoms with Crippen LogP contribution in [0.4, 0.5) is 13.2 Å². The Morgan fingerprint density at radius 2 is 1.79 bits per heavy atom. The fraction of sp³-hybridized carbons (Fsp3) is 0.400. The number of H-pyrrole nitrogens is 1.